The van der Waals surface area contributed by atoms with Crippen LogP contribution in [0.3, 0.4) is 0 Å². The van der Waals surface area contributed by atoms with Crippen molar-refractivity contribution in [3.05, 3.63) is 28.8 Å². The van der Waals surface area contributed by atoms with Crippen molar-refractivity contribution in [2.45, 2.75) is 46.5 Å². The van der Waals surface area contributed by atoms with E-state index in [4.69, 9.17) is 4.74 Å². The van der Waals surface area contributed by atoms with E-state index in [9.17, 15) is 9.90 Å². The molecule has 100 valence electrons. The second kappa shape index (κ2) is 7.04. The Morgan fingerprint density at radius 3 is 2.67 bits per heavy atom. The summed E-state index contributed by atoms with van der Waals surface area (Å²) in [5.74, 6) is 0.218. The highest BCUT2D eigenvalue weighted by atomic mass is 16.5. The Morgan fingerprint density at radius 2 is 2.06 bits per heavy atom. The van der Waals surface area contributed by atoms with Crippen LogP contribution in [0.25, 0.3) is 0 Å². The molecule has 0 heterocycles. The van der Waals surface area contributed by atoms with Gasteiger partial charge in [-0.05, 0) is 42.9 Å². The molecule has 0 radical (unpaired) electrons. The van der Waals surface area contributed by atoms with Crippen LogP contribution < -0.4 is 0 Å². The summed E-state index contributed by atoms with van der Waals surface area (Å²) in [7, 11) is 0. The Morgan fingerprint density at radius 1 is 1.33 bits per heavy atom. The van der Waals surface area contributed by atoms with Crippen molar-refractivity contribution in [2.24, 2.45) is 0 Å². The first kappa shape index (κ1) is 14.6. The maximum atomic E-state index is 11.4. The fourth-order valence-electron chi connectivity index (χ4n) is 1.88. The molecule has 1 aromatic carbocycles. The van der Waals surface area contributed by atoms with Gasteiger partial charge in [0, 0.05) is 6.42 Å². The van der Waals surface area contributed by atoms with Gasteiger partial charge >= 0.3 is 5.97 Å². The summed E-state index contributed by atoms with van der Waals surface area (Å²) in [6.07, 6.45) is 2.70. The topological polar surface area (TPSA) is 46.5 Å². The van der Waals surface area contributed by atoms with Gasteiger partial charge in [0.15, 0.2) is 0 Å². The van der Waals surface area contributed by atoms with Crippen molar-refractivity contribution in [3.8, 4) is 5.75 Å². The average Bonchev–Trinajstić information content (AvgIpc) is 2.37. The molecule has 0 saturated heterocycles. The predicted molar refractivity (Wildman–Crippen MR) is 71.8 cm³/mol. The van der Waals surface area contributed by atoms with E-state index < -0.39 is 0 Å². The molecule has 0 fully saturated rings. The molecule has 0 aliphatic carbocycles. The molecular weight excluding hydrogens is 228 g/mol. The molecule has 3 nitrogen and oxygen atoms in total. The van der Waals surface area contributed by atoms with Crippen LogP contribution in [0.1, 0.15) is 43.4 Å². The third-order valence-electron chi connectivity index (χ3n) is 2.91. The van der Waals surface area contributed by atoms with Crippen molar-refractivity contribution >= 4 is 5.97 Å². The van der Waals surface area contributed by atoms with Crippen LogP contribution in [-0.4, -0.2) is 17.7 Å². The van der Waals surface area contributed by atoms with E-state index in [1.54, 1.807) is 0 Å². The van der Waals surface area contributed by atoms with Gasteiger partial charge in [0.2, 0.25) is 0 Å². The fraction of sp³-hybridized carbons (Fsp3) is 0.533. The van der Waals surface area contributed by atoms with Gasteiger partial charge in [-0.25, -0.2) is 0 Å². The lowest BCUT2D eigenvalue weighted by atomic mass is 10.0. The van der Waals surface area contributed by atoms with Crippen molar-refractivity contribution in [3.63, 3.8) is 0 Å². The largest absolute Gasteiger partial charge is 0.507 e. The number of phenols is 1. The monoisotopic (exact) mass is 250 g/mol. The number of rotatable bonds is 6. The van der Waals surface area contributed by atoms with E-state index in [1.165, 1.54) is 0 Å². The highest BCUT2D eigenvalue weighted by Crippen LogP contribution is 2.25. The van der Waals surface area contributed by atoms with Crippen LogP contribution in [0.2, 0.25) is 0 Å². The number of aromatic hydroxyl groups is 1. The molecule has 18 heavy (non-hydrogen) atoms. The smallest absolute Gasteiger partial charge is 0.306 e. The average molecular weight is 250 g/mol. The zero-order valence-electron chi connectivity index (χ0n) is 11.5. The van der Waals surface area contributed by atoms with Crippen LogP contribution in [0.4, 0.5) is 0 Å². The van der Waals surface area contributed by atoms with Crippen LogP contribution in [-0.2, 0) is 22.4 Å². The first-order valence-electron chi connectivity index (χ1n) is 6.55. The Kier molecular flexibility index (Phi) is 5.69. The maximum absolute atomic E-state index is 11.4. The summed E-state index contributed by atoms with van der Waals surface area (Å²) >= 11 is 0. The van der Waals surface area contributed by atoms with Gasteiger partial charge in [-0.2, -0.15) is 0 Å². The maximum Gasteiger partial charge on any atom is 0.306 e. The molecule has 1 rings (SSSR count). The molecule has 0 aromatic heterocycles. The summed E-state index contributed by atoms with van der Waals surface area (Å²) in [6, 6.07) is 3.90. The lowest BCUT2D eigenvalue weighted by Gasteiger charge is -2.09. The Balaban J connectivity index is 2.62. The van der Waals surface area contributed by atoms with Gasteiger partial charge in [-0.15, -0.1) is 0 Å². The second-order valence-corrected chi connectivity index (χ2v) is 4.49. The molecule has 1 N–H and O–H groups in total. The van der Waals surface area contributed by atoms with E-state index in [-0.39, 0.29) is 5.97 Å². The predicted octanol–water partition coefficient (Wildman–Crippen LogP) is 3.15. The molecule has 0 unspecified atom stereocenters. The number of benzene rings is 1. The molecule has 0 saturated carbocycles. The lowest BCUT2D eigenvalue weighted by molar-refractivity contribution is -0.143. The molecule has 0 atom stereocenters. The molecule has 0 amide bonds. The summed E-state index contributed by atoms with van der Waals surface area (Å²) in [5.41, 5.74) is 2.88. The Hall–Kier alpha value is -1.51. The molecule has 3 heteroatoms. The first-order chi connectivity index (χ1) is 8.58. The molecule has 0 spiro atoms. The fourth-order valence-corrected chi connectivity index (χ4v) is 1.88. The van der Waals surface area contributed by atoms with Crippen LogP contribution in [0, 0.1) is 6.92 Å². The third kappa shape index (κ3) is 4.06. The van der Waals surface area contributed by atoms with Crippen LogP contribution >= 0.6 is 0 Å². The van der Waals surface area contributed by atoms with Crippen molar-refractivity contribution < 1.29 is 14.6 Å². The summed E-state index contributed by atoms with van der Waals surface area (Å²) < 4.78 is 5.04. The Labute approximate surface area is 109 Å². The normalized spacial score (nSPS) is 10.4. The minimum Gasteiger partial charge on any atom is -0.507 e. The lowest BCUT2D eigenvalue weighted by Crippen LogP contribution is -2.06. The molecule has 0 bridgehead atoms. The van der Waals surface area contributed by atoms with E-state index in [0.29, 0.717) is 25.2 Å². The van der Waals surface area contributed by atoms with Crippen molar-refractivity contribution in [1.82, 2.24) is 0 Å². The summed E-state index contributed by atoms with van der Waals surface area (Å²) in [5, 5.41) is 9.82. The number of ether oxygens (including phenoxy) is 1. The summed E-state index contributed by atoms with van der Waals surface area (Å²) in [4.78, 5) is 11.4. The van der Waals surface area contributed by atoms with Crippen molar-refractivity contribution in [2.75, 3.05) is 6.61 Å². The highest BCUT2D eigenvalue weighted by Gasteiger charge is 2.08. The SMILES string of the molecule is CCCOC(=O)CCc1cc(C)c(O)c(CC)c1. The Bertz CT molecular complexity index is 410. The van der Waals surface area contributed by atoms with Crippen LogP contribution in [0.5, 0.6) is 5.75 Å². The highest BCUT2D eigenvalue weighted by molar-refractivity contribution is 5.69. The third-order valence-corrected chi connectivity index (χ3v) is 2.91. The number of aryl methyl sites for hydroxylation is 3. The summed E-state index contributed by atoms with van der Waals surface area (Å²) in [6.45, 7) is 6.36. The number of carbonyl (C=O) groups is 1. The van der Waals surface area contributed by atoms with Gasteiger partial charge in [0.25, 0.3) is 0 Å². The number of esters is 1. The number of hydrogen-bond acceptors (Lipinski definition) is 3. The minimum absolute atomic E-state index is 0.152. The molecule has 1 aromatic rings. The number of phenolic OH excluding ortho intramolecular Hbond substituents is 1. The second-order valence-electron chi connectivity index (χ2n) is 4.49. The molecular formula is C15H22O3. The minimum atomic E-state index is -0.152. The van der Waals surface area contributed by atoms with Gasteiger partial charge in [0.05, 0.1) is 6.61 Å². The van der Waals surface area contributed by atoms with Gasteiger partial charge in [-0.3, -0.25) is 4.79 Å². The number of hydrogen-bond donors (Lipinski definition) is 1. The van der Waals surface area contributed by atoms with Gasteiger partial charge in [-0.1, -0.05) is 26.0 Å². The first-order valence-corrected chi connectivity index (χ1v) is 6.55. The van der Waals surface area contributed by atoms with E-state index >= 15 is 0 Å². The van der Waals surface area contributed by atoms with Gasteiger partial charge in [0.1, 0.15) is 5.75 Å². The van der Waals surface area contributed by atoms with E-state index in [0.717, 1.165) is 29.5 Å². The standard InChI is InChI=1S/C15H22O3/c1-4-8-18-14(16)7-6-12-9-11(3)15(17)13(5-2)10-12/h9-10,17H,4-8H2,1-3H3. The quantitative estimate of drug-likeness (QED) is 0.789. The molecule has 0 aliphatic rings. The number of carbonyl (C=O) groups excluding carboxylic acids is 1. The van der Waals surface area contributed by atoms with Crippen LogP contribution in [0.15, 0.2) is 12.1 Å². The zero-order chi connectivity index (χ0) is 13.5. The van der Waals surface area contributed by atoms with E-state index in [1.807, 2.05) is 32.9 Å². The zero-order valence-corrected chi connectivity index (χ0v) is 11.5. The van der Waals surface area contributed by atoms with E-state index in [2.05, 4.69) is 0 Å². The molecule has 0 aliphatic heterocycles. The van der Waals surface area contributed by atoms with Crippen molar-refractivity contribution in [1.29, 1.82) is 0 Å². The van der Waals surface area contributed by atoms with Gasteiger partial charge < -0.3 is 9.84 Å².